The molecule has 7 nitrogen and oxygen atoms in total. The molecular weight excluding hydrogens is 364 g/mol. The fraction of sp³-hybridized carbons (Fsp3) is 0.211. The first-order chi connectivity index (χ1) is 13.2. The summed E-state index contributed by atoms with van der Waals surface area (Å²) < 4.78 is 10.5. The van der Waals surface area contributed by atoms with Crippen LogP contribution < -0.4 is 20.3 Å². The molecule has 0 bridgehead atoms. The molecule has 0 saturated carbocycles. The maximum atomic E-state index is 7.57. The average molecular weight is 388 g/mol. The number of hydrogen-bond donors (Lipinski definition) is 3. The highest BCUT2D eigenvalue weighted by atomic mass is 32.1. The van der Waals surface area contributed by atoms with Crippen molar-refractivity contribution in [3.63, 3.8) is 0 Å². The van der Waals surface area contributed by atoms with Gasteiger partial charge in [0.15, 0.2) is 0 Å². The number of hydrazone groups is 2. The Bertz CT molecular complexity index is 705. The molecule has 0 spiro atoms. The Kier molecular flexibility index (Phi) is 10.8. The second-order valence-electron chi connectivity index (χ2n) is 4.87. The number of thiocarbonyl (C=S) groups is 1. The number of aliphatic hydroxyl groups excluding tert-OH is 1. The molecule has 144 valence electrons. The van der Waals surface area contributed by atoms with Gasteiger partial charge in [-0.2, -0.15) is 10.2 Å². The predicted molar refractivity (Wildman–Crippen MR) is 113 cm³/mol. The van der Waals surface area contributed by atoms with Crippen LogP contribution in [0.25, 0.3) is 0 Å². The van der Waals surface area contributed by atoms with E-state index < -0.39 is 0 Å². The van der Waals surface area contributed by atoms with E-state index in [1.807, 2.05) is 48.5 Å². The Labute approximate surface area is 164 Å². The molecule has 0 aliphatic carbocycles. The second kappa shape index (κ2) is 13.3. The van der Waals surface area contributed by atoms with Crippen molar-refractivity contribution in [2.75, 3.05) is 20.8 Å². The van der Waals surface area contributed by atoms with Gasteiger partial charge in [-0.3, -0.25) is 10.9 Å². The van der Waals surface area contributed by atoms with E-state index >= 15 is 0 Å². The third kappa shape index (κ3) is 8.30. The van der Waals surface area contributed by atoms with Crippen LogP contribution in [0.15, 0.2) is 58.7 Å². The number of para-hydroxylation sites is 2. The van der Waals surface area contributed by atoms with E-state index in [0.717, 1.165) is 22.6 Å². The highest BCUT2D eigenvalue weighted by molar-refractivity contribution is 7.80. The van der Waals surface area contributed by atoms with Crippen molar-refractivity contribution in [1.82, 2.24) is 10.9 Å². The fourth-order valence-corrected chi connectivity index (χ4v) is 2.00. The van der Waals surface area contributed by atoms with Crippen LogP contribution in [0, 0.1) is 0 Å². The minimum absolute atomic E-state index is 0.250. The lowest BCUT2D eigenvalue weighted by atomic mass is 10.2. The third-order valence-electron chi connectivity index (χ3n) is 3.02. The van der Waals surface area contributed by atoms with Crippen LogP contribution in [0.2, 0.25) is 0 Å². The molecule has 8 heteroatoms. The Morgan fingerprint density at radius 1 is 0.926 bits per heavy atom. The number of hydrogen-bond acceptors (Lipinski definition) is 6. The molecular formula is C19H24N4O3S. The third-order valence-corrected chi connectivity index (χ3v) is 3.20. The van der Waals surface area contributed by atoms with Crippen molar-refractivity contribution in [3.05, 3.63) is 59.7 Å². The summed E-state index contributed by atoms with van der Waals surface area (Å²) >= 11 is 5.10. The number of methoxy groups -OCH3 is 2. The first kappa shape index (κ1) is 22.1. The zero-order chi connectivity index (χ0) is 19.9. The molecule has 27 heavy (non-hydrogen) atoms. The molecule has 3 N–H and O–H groups in total. The molecule has 0 unspecified atom stereocenters. The first-order valence-corrected chi connectivity index (χ1v) is 8.56. The molecule has 0 aromatic heterocycles. The minimum Gasteiger partial charge on any atom is -0.496 e. The lowest BCUT2D eigenvalue weighted by molar-refractivity contribution is 0.318. The van der Waals surface area contributed by atoms with Gasteiger partial charge >= 0.3 is 0 Å². The smallest absolute Gasteiger partial charge is 0.207 e. The molecule has 0 fully saturated rings. The largest absolute Gasteiger partial charge is 0.496 e. The van der Waals surface area contributed by atoms with Crippen molar-refractivity contribution in [1.29, 1.82) is 0 Å². The van der Waals surface area contributed by atoms with Crippen molar-refractivity contribution < 1.29 is 14.6 Å². The lowest BCUT2D eigenvalue weighted by Crippen LogP contribution is -2.28. The number of benzene rings is 2. The van der Waals surface area contributed by atoms with Crippen LogP contribution in [0.3, 0.4) is 0 Å². The molecule has 0 aliphatic rings. The maximum Gasteiger partial charge on any atom is 0.207 e. The van der Waals surface area contributed by atoms with Gasteiger partial charge in [0.05, 0.1) is 26.6 Å². The van der Waals surface area contributed by atoms with Crippen LogP contribution in [0.4, 0.5) is 0 Å². The van der Waals surface area contributed by atoms with Crippen LogP contribution in [0.1, 0.15) is 18.1 Å². The number of aliphatic hydroxyl groups is 1. The number of rotatable bonds is 6. The van der Waals surface area contributed by atoms with E-state index in [-0.39, 0.29) is 11.7 Å². The number of ether oxygens (including phenoxy) is 2. The van der Waals surface area contributed by atoms with Gasteiger partial charge < -0.3 is 14.6 Å². The number of nitrogens with zero attached hydrogens (tertiary/aromatic N) is 2. The zero-order valence-electron chi connectivity index (χ0n) is 15.5. The molecule has 0 saturated heterocycles. The van der Waals surface area contributed by atoms with Crippen molar-refractivity contribution in [2.45, 2.75) is 6.92 Å². The summed E-state index contributed by atoms with van der Waals surface area (Å²) in [5.74, 6) is 1.47. The summed E-state index contributed by atoms with van der Waals surface area (Å²) in [6.45, 7) is 1.93. The Hall–Kier alpha value is -2.97. The molecule has 0 aliphatic heterocycles. The molecule has 0 atom stereocenters. The van der Waals surface area contributed by atoms with Crippen LogP contribution in [-0.4, -0.2) is 43.5 Å². The van der Waals surface area contributed by atoms with E-state index in [1.54, 1.807) is 33.6 Å². The van der Waals surface area contributed by atoms with Gasteiger partial charge in [0, 0.05) is 17.7 Å². The Morgan fingerprint density at radius 2 is 1.30 bits per heavy atom. The zero-order valence-corrected chi connectivity index (χ0v) is 16.4. The molecule has 2 aromatic carbocycles. The summed E-state index contributed by atoms with van der Waals surface area (Å²) in [4.78, 5) is 0. The lowest BCUT2D eigenvalue weighted by Gasteiger charge is -2.05. The van der Waals surface area contributed by atoms with E-state index in [1.165, 1.54) is 0 Å². The molecule has 0 radical (unpaired) electrons. The van der Waals surface area contributed by atoms with Crippen molar-refractivity contribution in [3.8, 4) is 11.5 Å². The molecule has 2 rings (SSSR count). The number of nitrogens with one attached hydrogen (secondary N) is 2. The molecule has 0 heterocycles. The van der Waals surface area contributed by atoms with Gasteiger partial charge in [-0.05, 0) is 43.4 Å². The quantitative estimate of drug-likeness (QED) is 0.400. The van der Waals surface area contributed by atoms with Gasteiger partial charge in [-0.1, -0.05) is 24.3 Å². The van der Waals surface area contributed by atoms with Gasteiger partial charge in [0.1, 0.15) is 11.5 Å². The summed E-state index contributed by atoms with van der Waals surface area (Å²) in [7, 11) is 3.22. The molecule has 2 aromatic rings. The summed E-state index contributed by atoms with van der Waals surface area (Å²) in [6.07, 6.45) is 3.24. The summed E-state index contributed by atoms with van der Waals surface area (Å²) in [5, 5.41) is 15.9. The van der Waals surface area contributed by atoms with Gasteiger partial charge in [-0.15, -0.1) is 0 Å². The van der Waals surface area contributed by atoms with Gasteiger partial charge in [0.25, 0.3) is 0 Å². The van der Waals surface area contributed by atoms with Crippen LogP contribution >= 0.6 is 12.2 Å². The second-order valence-corrected chi connectivity index (χ2v) is 5.28. The van der Waals surface area contributed by atoms with Gasteiger partial charge in [0.2, 0.25) is 5.11 Å². The van der Waals surface area contributed by atoms with E-state index in [9.17, 15) is 0 Å². The maximum absolute atomic E-state index is 7.57. The average Bonchev–Trinajstić information content (AvgIpc) is 2.69. The fourth-order valence-electron chi connectivity index (χ4n) is 1.89. The Balaban J connectivity index is 0.00000114. The monoisotopic (exact) mass is 388 g/mol. The predicted octanol–water partition coefficient (Wildman–Crippen LogP) is 2.53. The van der Waals surface area contributed by atoms with E-state index in [4.69, 9.17) is 26.8 Å². The van der Waals surface area contributed by atoms with Crippen molar-refractivity contribution >= 4 is 29.8 Å². The standard InChI is InChI=1S/C17H18N4O2S.C2H6O/c1-22-15-9-5-3-7-13(15)11-18-20-17(24)21-19-12-14-8-4-6-10-16(14)23-2;1-2-3/h3-12H,1-2H3,(H2,20,21,24);3H,2H2,1H3/b18-11+,19-12+;. The van der Waals surface area contributed by atoms with Crippen LogP contribution in [-0.2, 0) is 0 Å². The van der Waals surface area contributed by atoms with Crippen molar-refractivity contribution in [2.24, 2.45) is 10.2 Å². The Morgan fingerprint density at radius 3 is 1.67 bits per heavy atom. The molecule has 0 amide bonds. The first-order valence-electron chi connectivity index (χ1n) is 8.15. The summed E-state index contributed by atoms with van der Waals surface area (Å²) in [6, 6.07) is 15.1. The highest BCUT2D eigenvalue weighted by Gasteiger charge is 1.99. The van der Waals surface area contributed by atoms with Crippen LogP contribution in [0.5, 0.6) is 11.5 Å². The SMILES string of the molecule is CCO.COc1ccccc1/C=N/NC(=S)N/N=C/c1ccccc1OC. The normalized spacial score (nSPS) is 10.2. The minimum atomic E-state index is 0.250. The summed E-state index contributed by atoms with van der Waals surface area (Å²) in [5.41, 5.74) is 7.05. The van der Waals surface area contributed by atoms with E-state index in [2.05, 4.69) is 21.1 Å². The van der Waals surface area contributed by atoms with E-state index in [0.29, 0.717) is 0 Å². The highest BCUT2D eigenvalue weighted by Crippen LogP contribution is 2.15. The van der Waals surface area contributed by atoms with Gasteiger partial charge in [-0.25, -0.2) is 0 Å². The topological polar surface area (TPSA) is 87.5 Å².